The average Bonchev–Trinajstić information content (AvgIpc) is 3.84. The normalized spacial score (nSPS) is 12.0. The smallest absolute Gasteiger partial charge is 0.220 e. The summed E-state index contributed by atoms with van der Waals surface area (Å²) in [5.74, 6) is 0.918. The van der Waals surface area contributed by atoms with Gasteiger partial charge in [-0.2, -0.15) is 0 Å². The van der Waals surface area contributed by atoms with Crippen LogP contribution in [0.15, 0.2) is 158 Å². The summed E-state index contributed by atoms with van der Waals surface area (Å²) in [4.78, 5) is 5.38. The van der Waals surface area contributed by atoms with Crippen LogP contribution in [-0.4, -0.2) is 18.5 Å². The molecule has 0 fully saturated rings. The highest BCUT2D eigenvalue weighted by atomic mass is 15.2. The number of fused-ring (bicyclic) bond motifs is 13. The number of nitrogens with zero attached hydrogens (tertiary/aromatic N) is 4. The van der Waals surface area contributed by atoms with E-state index >= 15 is 0 Å². The molecule has 4 nitrogen and oxygen atoms in total. The molecule has 3 aromatic heterocycles. The van der Waals surface area contributed by atoms with E-state index in [-0.39, 0.29) is 0 Å². The molecule has 0 unspecified atom stereocenters. The molecule has 0 saturated heterocycles. The van der Waals surface area contributed by atoms with E-state index in [0.717, 1.165) is 40.1 Å². The fourth-order valence-corrected chi connectivity index (χ4v) is 7.52. The van der Waals surface area contributed by atoms with E-state index in [1.54, 1.807) is 0 Å². The molecule has 4 heteroatoms. The monoisotopic (exact) mass is 588 g/mol. The number of para-hydroxylation sites is 3. The van der Waals surface area contributed by atoms with E-state index in [1.165, 1.54) is 50.1 Å². The van der Waals surface area contributed by atoms with Crippen LogP contribution < -0.4 is 0 Å². The summed E-state index contributed by atoms with van der Waals surface area (Å²) >= 11 is 0. The molecule has 0 aliphatic heterocycles. The van der Waals surface area contributed by atoms with E-state index in [0.29, 0.717) is 0 Å². The second-order valence-corrected chi connectivity index (χ2v) is 12.1. The minimum absolute atomic E-state index is 0.777. The van der Waals surface area contributed by atoms with Gasteiger partial charge in [0.1, 0.15) is 0 Å². The van der Waals surface area contributed by atoms with Crippen molar-refractivity contribution in [1.29, 1.82) is 0 Å². The lowest BCUT2D eigenvalue weighted by Crippen LogP contribution is -2.00. The maximum Gasteiger partial charge on any atom is 0.220 e. The van der Waals surface area contributed by atoms with Crippen molar-refractivity contribution in [3.63, 3.8) is 0 Å². The molecule has 0 atom stereocenters. The van der Waals surface area contributed by atoms with E-state index in [9.17, 15) is 0 Å². The number of hydrogen-bond donors (Lipinski definition) is 0. The zero-order valence-corrected chi connectivity index (χ0v) is 25.0. The Bertz CT molecular complexity index is 2610. The van der Waals surface area contributed by atoms with E-state index in [4.69, 9.17) is 4.98 Å². The van der Waals surface area contributed by atoms with Crippen molar-refractivity contribution in [1.82, 2.24) is 18.5 Å². The summed E-state index contributed by atoms with van der Waals surface area (Å²) in [6.45, 7) is 0.777. The van der Waals surface area contributed by atoms with E-state index in [2.05, 4.69) is 172 Å². The van der Waals surface area contributed by atoms with Gasteiger partial charge in [0.05, 0.1) is 22.1 Å². The minimum atomic E-state index is 0.777. The van der Waals surface area contributed by atoms with Crippen LogP contribution in [0.4, 0.5) is 0 Å². The van der Waals surface area contributed by atoms with Gasteiger partial charge in [0, 0.05) is 24.6 Å². The highest BCUT2D eigenvalue weighted by Crippen LogP contribution is 2.48. The lowest BCUT2D eigenvalue weighted by Gasteiger charge is -2.23. The van der Waals surface area contributed by atoms with Crippen molar-refractivity contribution in [2.75, 3.05) is 0 Å². The Morgan fingerprint density at radius 2 is 0.957 bits per heavy atom. The molecule has 0 bridgehead atoms. The number of aromatic nitrogens is 4. The Hall–Kier alpha value is -6.13. The predicted molar refractivity (Wildman–Crippen MR) is 188 cm³/mol. The first-order valence-corrected chi connectivity index (χ1v) is 15.8. The first kappa shape index (κ1) is 25.2. The summed E-state index contributed by atoms with van der Waals surface area (Å²) in [6, 6.07) is 52.7. The molecule has 9 aromatic rings. The van der Waals surface area contributed by atoms with Gasteiger partial charge >= 0.3 is 0 Å². The van der Waals surface area contributed by atoms with Crippen LogP contribution in [0.5, 0.6) is 0 Å². The fourth-order valence-electron chi connectivity index (χ4n) is 7.52. The fraction of sp³-hybridized carbons (Fsp3) is 0.0238. The van der Waals surface area contributed by atoms with Crippen molar-refractivity contribution in [2.45, 2.75) is 6.54 Å². The molecule has 0 saturated carbocycles. The lowest BCUT2D eigenvalue weighted by molar-refractivity contribution is 0.810. The lowest BCUT2D eigenvalue weighted by atomic mass is 9.81. The highest BCUT2D eigenvalue weighted by molar-refractivity contribution is 6.03. The Labute approximate surface area is 266 Å². The summed E-state index contributed by atoms with van der Waals surface area (Å²) in [6.07, 6.45) is 4.22. The second-order valence-electron chi connectivity index (χ2n) is 12.1. The van der Waals surface area contributed by atoms with Gasteiger partial charge in [-0.25, -0.2) is 4.98 Å². The van der Waals surface area contributed by atoms with Crippen molar-refractivity contribution in [2.24, 2.45) is 0 Å². The third-order valence-corrected chi connectivity index (χ3v) is 9.54. The first-order valence-electron chi connectivity index (χ1n) is 15.8. The highest BCUT2D eigenvalue weighted by Gasteiger charge is 2.24. The van der Waals surface area contributed by atoms with Gasteiger partial charge in [0.15, 0.2) is 0 Å². The largest absolute Gasteiger partial charge is 0.350 e. The van der Waals surface area contributed by atoms with Crippen molar-refractivity contribution in [3.05, 3.63) is 164 Å². The van der Waals surface area contributed by atoms with E-state index < -0.39 is 0 Å². The number of imidazole rings is 2. The average molecular weight is 589 g/mol. The minimum Gasteiger partial charge on any atom is -0.350 e. The van der Waals surface area contributed by atoms with Gasteiger partial charge in [-0.1, -0.05) is 103 Å². The molecule has 6 aromatic carbocycles. The Kier molecular flexibility index (Phi) is 5.31. The van der Waals surface area contributed by atoms with Crippen LogP contribution in [0.25, 0.3) is 78.0 Å². The molecule has 0 N–H and O–H groups in total. The van der Waals surface area contributed by atoms with Gasteiger partial charge < -0.3 is 4.57 Å². The SMILES string of the molecule is c1ccc2c(c1)-c1ccccc1-c1ccc(-n3c4ccccc4n4c5cccc(Cn6cccc6)c5nc34)cc1-c1ccccc1-2. The maximum absolute atomic E-state index is 5.38. The third kappa shape index (κ3) is 3.58. The molecule has 0 spiro atoms. The van der Waals surface area contributed by atoms with Crippen molar-refractivity contribution < 1.29 is 0 Å². The number of hydrogen-bond acceptors (Lipinski definition) is 1. The molecule has 46 heavy (non-hydrogen) atoms. The van der Waals surface area contributed by atoms with Crippen LogP contribution in [0.3, 0.4) is 0 Å². The number of rotatable bonds is 3. The summed E-state index contributed by atoms with van der Waals surface area (Å²) in [7, 11) is 0. The summed E-state index contributed by atoms with van der Waals surface area (Å²) < 4.78 is 6.85. The van der Waals surface area contributed by atoms with Crippen molar-refractivity contribution in [3.8, 4) is 50.2 Å². The zero-order chi connectivity index (χ0) is 30.2. The first-order chi connectivity index (χ1) is 22.8. The van der Waals surface area contributed by atoms with Crippen LogP contribution in [-0.2, 0) is 6.54 Å². The third-order valence-electron chi connectivity index (χ3n) is 9.54. The van der Waals surface area contributed by atoms with Gasteiger partial charge in [-0.15, -0.1) is 0 Å². The molecular formula is C42H28N4. The predicted octanol–water partition coefficient (Wildman–Crippen LogP) is 10.3. The molecule has 216 valence electrons. The molecule has 0 amide bonds. The quantitative estimate of drug-likeness (QED) is 0.202. The molecule has 10 rings (SSSR count). The summed E-state index contributed by atoms with van der Waals surface area (Å²) in [5, 5.41) is 0. The second kappa shape index (κ2) is 9.68. The Morgan fingerprint density at radius 1 is 0.435 bits per heavy atom. The molecule has 0 radical (unpaired) electrons. The van der Waals surface area contributed by atoms with Crippen LogP contribution in [0, 0.1) is 0 Å². The zero-order valence-electron chi connectivity index (χ0n) is 25.0. The van der Waals surface area contributed by atoms with Gasteiger partial charge in [-0.05, 0) is 92.5 Å². The van der Waals surface area contributed by atoms with Crippen LogP contribution in [0.1, 0.15) is 5.56 Å². The van der Waals surface area contributed by atoms with E-state index in [1.807, 2.05) is 0 Å². The molecule has 1 aliphatic rings. The van der Waals surface area contributed by atoms with Crippen LogP contribution >= 0.6 is 0 Å². The molecular weight excluding hydrogens is 560 g/mol. The topological polar surface area (TPSA) is 27.2 Å². The maximum atomic E-state index is 5.38. The van der Waals surface area contributed by atoms with Crippen LogP contribution in [0.2, 0.25) is 0 Å². The summed E-state index contributed by atoms with van der Waals surface area (Å²) in [5.41, 5.74) is 16.7. The van der Waals surface area contributed by atoms with Crippen molar-refractivity contribution >= 4 is 27.8 Å². The molecule has 3 heterocycles. The number of benzene rings is 6. The van der Waals surface area contributed by atoms with Gasteiger partial charge in [0.2, 0.25) is 5.78 Å². The Morgan fingerprint density at radius 3 is 1.59 bits per heavy atom. The Balaban J connectivity index is 1.27. The van der Waals surface area contributed by atoms with Gasteiger partial charge in [0.25, 0.3) is 0 Å². The standard InChI is InChI=1S/C42H28N4/c1-2-14-31-30(13-1)32-15-3-4-17-34(32)36-23-22-29(26-37(36)35-18-6-5-16-33(31)35)45-38-19-7-8-20-39(38)46-40-21-11-12-28(41(40)43-42(45)46)27-44-24-9-10-25-44/h1-26H,27H2. The molecule has 1 aliphatic carbocycles. The van der Waals surface area contributed by atoms with Gasteiger partial charge in [-0.3, -0.25) is 8.97 Å².